The van der Waals surface area contributed by atoms with Crippen LogP contribution in [-0.2, 0) is 9.59 Å². The van der Waals surface area contributed by atoms with Crippen LogP contribution in [0.5, 0.6) is 11.5 Å². The first-order valence-corrected chi connectivity index (χ1v) is 7.83. The first-order chi connectivity index (χ1) is 12.9. The molecule has 8 heteroatoms. The molecule has 0 unspecified atom stereocenters. The van der Waals surface area contributed by atoms with Gasteiger partial charge in [0.1, 0.15) is 11.4 Å². The number of hydrogen-bond donors (Lipinski definition) is 1. The second-order valence-corrected chi connectivity index (χ2v) is 5.55. The number of nitrogens with zero attached hydrogens (tertiary/aromatic N) is 1. The lowest BCUT2D eigenvalue weighted by molar-refractivity contribution is -0.122. The molecule has 2 aromatic rings. The van der Waals surface area contributed by atoms with Crippen molar-refractivity contribution in [2.75, 3.05) is 19.1 Å². The minimum atomic E-state index is -0.902. The summed E-state index contributed by atoms with van der Waals surface area (Å²) >= 11 is 0. The van der Waals surface area contributed by atoms with Gasteiger partial charge in [0.05, 0.1) is 19.9 Å². The highest BCUT2D eigenvalue weighted by Gasteiger charge is 2.36. The fourth-order valence-electron chi connectivity index (χ4n) is 2.59. The molecule has 27 heavy (non-hydrogen) atoms. The van der Waals surface area contributed by atoms with Gasteiger partial charge in [-0.25, -0.2) is 14.1 Å². The molecule has 0 aromatic heterocycles. The van der Waals surface area contributed by atoms with Gasteiger partial charge < -0.3 is 9.47 Å². The molecule has 0 saturated carbocycles. The molecule has 0 spiro atoms. The van der Waals surface area contributed by atoms with E-state index in [0.717, 1.165) is 17.0 Å². The minimum Gasteiger partial charge on any atom is -0.493 e. The second kappa shape index (κ2) is 7.28. The van der Waals surface area contributed by atoms with E-state index in [1.165, 1.54) is 32.4 Å². The zero-order chi connectivity index (χ0) is 19.6. The van der Waals surface area contributed by atoms with Crippen LogP contribution < -0.4 is 19.7 Å². The number of benzene rings is 2. The molecule has 1 aliphatic rings. The van der Waals surface area contributed by atoms with Gasteiger partial charge in [-0.15, -0.1) is 0 Å². The van der Waals surface area contributed by atoms with Crippen molar-refractivity contribution in [1.82, 2.24) is 5.32 Å². The Bertz CT molecular complexity index is 953. The molecule has 1 N–H and O–H groups in total. The van der Waals surface area contributed by atoms with Gasteiger partial charge in [-0.2, -0.15) is 0 Å². The molecule has 1 aliphatic heterocycles. The molecule has 0 bridgehead atoms. The average Bonchev–Trinajstić information content (AvgIpc) is 2.66. The molecular formula is C19H15FN2O5. The average molecular weight is 370 g/mol. The van der Waals surface area contributed by atoms with E-state index in [1.807, 2.05) is 0 Å². The quantitative estimate of drug-likeness (QED) is 0.660. The van der Waals surface area contributed by atoms with Gasteiger partial charge in [0.25, 0.3) is 11.8 Å². The number of nitrogens with one attached hydrogen (secondary N) is 1. The van der Waals surface area contributed by atoms with Crippen molar-refractivity contribution in [3.05, 3.63) is 59.4 Å². The normalized spacial score (nSPS) is 15.7. The largest absolute Gasteiger partial charge is 0.493 e. The highest BCUT2D eigenvalue weighted by molar-refractivity contribution is 6.39. The summed E-state index contributed by atoms with van der Waals surface area (Å²) in [6.07, 6.45) is 1.34. The van der Waals surface area contributed by atoms with E-state index in [9.17, 15) is 18.8 Å². The van der Waals surface area contributed by atoms with Gasteiger partial charge >= 0.3 is 6.03 Å². The Labute approximate surface area is 154 Å². The van der Waals surface area contributed by atoms with Crippen LogP contribution >= 0.6 is 0 Å². The summed E-state index contributed by atoms with van der Waals surface area (Å²) in [4.78, 5) is 37.8. The zero-order valence-electron chi connectivity index (χ0n) is 14.5. The fraction of sp³-hybridized carbons (Fsp3) is 0.105. The molecule has 4 amide bonds. The molecule has 1 fully saturated rings. The third-order valence-electron chi connectivity index (χ3n) is 3.91. The summed E-state index contributed by atoms with van der Waals surface area (Å²) in [5.41, 5.74) is 0.398. The number of amides is 4. The highest BCUT2D eigenvalue weighted by atomic mass is 19.1. The molecule has 1 saturated heterocycles. The molecular weight excluding hydrogens is 355 g/mol. The van der Waals surface area contributed by atoms with Crippen LogP contribution in [0.15, 0.2) is 48.0 Å². The van der Waals surface area contributed by atoms with Crippen LogP contribution in [0.4, 0.5) is 14.9 Å². The minimum absolute atomic E-state index is 0.143. The maximum absolute atomic E-state index is 13.1. The van der Waals surface area contributed by atoms with Crippen LogP contribution in [0, 0.1) is 5.82 Å². The summed E-state index contributed by atoms with van der Waals surface area (Å²) in [5, 5.41) is 2.10. The highest BCUT2D eigenvalue weighted by Crippen LogP contribution is 2.29. The van der Waals surface area contributed by atoms with Gasteiger partial charge in [-0.3, -0.25) is 14.9 Å². The van der Waals surface area contributed by atoms with E-state index in [1.54, 1.807) is 18.2 Å². The summed E-state index contributed by atoms with van der Waals surface area (Å²) in [7, 11) is 2.95. The zero-order valence-corrected chi connectivity index (χ0v) is 14.5. The first kappa shape index (κ1) is 18.1. The van der Waals surface area contributed by atoms with E-state index in [0.29, 0.717) is 17.1 Å². The molecule has 7 nitrogen and oxygen atoms in total. The number of imide groups is 2. The molecule has 0 radical (unpaired) electrons. The summed E-state index contributed by atoms with van der Waals surface area (Å²) in [6.45, 7) is 0. The predicted octanol–water partition coefficient (Wildman–Crippen LogP) is 2.51. The number of carbonyl (C=O) groups excluding carboxylic acids is 3. The van der Waals surface area contributed by atoms with Crippen molar-refractivity contribution in [3.8, 4) is 11.5 Å². The fourth-order valence-corrected chi connectivity index (χ4v) is 2.59. The van der Waals surface area contributed by atoms with Gasteiger partial charge in [0.15, 0.2) is 11.5 Å². The maximum atomic E-state index is 13.1. The SMILES string of the molecule is COc1ccc(/C=C2/C(=O)NC(=O)N(c3ccc(F)cc3)C2=O)cc1OC. The standard InChI is InChI=1S/C19H15FN2O5/c1-26-15-8-3-11(10-16(15)27-2)9-14-17(23)21-19(25)22(18(14)24)13-6-4-12(20)5-7-13/h3-10H,1-2H3,(H,21,23,25)/b14-9-. The third-order valence-corrected chi connectivity index (χ3v) is 3.91. The van der Waals surface area contributed by atoms with Gasteiger partial charge in [-0.1, -0.05) is 6.07 Å². The lowest BCUT2D eigenvalue weighted by Gasteiger charge is -2.26. The number of hydrogen-bond acceptors (Lipinski definition) is 5. The van der Waals surface area contributed by atoms with Crippen LogP contribution in [0.3, 0.4) is 0 Å². The van der Waals surface area contributed by atoms with Gasteiger partial charge in [0.2, 0.25) is 0 Å². The van der Waals surface area contributed by atoms with Crippen molar-refractivity contribution >= 4 is 29.6 Å². The molecule has 2 aromatic carbocycles. The Morgan fingerprint density at radius 2 is 1.63 bits per heavy atom. The second-order valence-electron chi connectivity index (χ2n) is 5.55. The molecule has 138 valence electrons. The topological polar surface area (TPSA) is 84.9 Å². The molecule has 0 atom stereocenters. The van der Waals surface area contributed by atoms with Crippen molar-refractivity contribution in [1.29, 1.82) is 0 Å². The van der Waals surface area contributed by atoms with Crippen LogP contribution in [0.25, 0.3) is 6.08 Å². The van der Waals surface area contributed by atoms with Crippen LogP contribution in [-0.4, -0.2) is 32.1 Å². The van der Waals surface area contributed by atoms with Crippen molar-refractivity contribution < 1.29 is 28.2 Å². The Balaban J connectivity index is 2.00. The number of rotatable bonds is 4. The number of ether oxygens (including phenoxy) is 2. The van der Waals surface area contributed by atoms with E-state index >= 15 is 0 Å². The molecule has 0 aliphatic carbocycles. The maximum Gasteiger partial charge on any atom is 0.335 e. The van der Waals surface area contributed by atoms with E-state index in [-0.39, 0.29) is 11.3 Å². The number of methoxy groups -OCH3 is 2. The predicted molar refractivity (Wildman–Crippen MR) is 94.9 cm³/mol. The lowest BCUT2D eigenvalue weighted by atomic mass is 10.1. The lowest BCUT2D eigenvalue weighted by Crippen LogP contribution is -2.54. The first-order valence-electron chi connectivity index (χ1n) is 7.83. The number of barbiturate groups is 1. The van der Waals surface area contributed by atoms with Crippen molar-refractivity contribution in [3.63, 3.8) is 0 Å². The molecule has 1 heterocycles. The van der Waals surface area contributed by atoms with Crippen molar-refractivity contribution in [2.24, 2.45) is 0 Å². The Morgan fingerprint density at radius 3 is 2.26 bits per heavy atom. The Morgan fingerprint density at radius 1 is 0.963 bits per heavy atom. The van der Waals surface area contributed by atoms with Crippen LogP contribution in [0.2, 0.25) is 0 Å². The smallest absolute Gasteiger partial charge is 0.335 e. The number of carbonyl (C=O) groups is 3. The monoisotopic (exact) mass is 370 g/mol. The Hall–Kier alpha value is -3.68. The van der Waals surface area contributed by atoms with Gasteiger partial charge in [-0.05, 0) is 48.0 Å². The van der Waals surface area contributed by atoms with Crippen LogP contribution in [0.1, 0.15) is 5.56 Å². The molecule has 3 rings (SSSR count). The summed E-state index contributed by atoms with van der Waals surface area (Å²) in [5.74, 6) is -1.24. The number of anilines is 1. The number of halogens is 1. The Kier molecular flexibility index (Phi) is 4.89. The number of urea groups is 1. The summed E-state index contributed by atoms with van der Waals surface area (Å²) in [6, 6.07) is 8.72. The van der Waals surface area contributed by atoms with E-state index < -0.39 is 23.7 Å². The third kappa shape index (κ3) is 3.50. The van der Waals surface area contributed by atoms with Gasteiger partial charge in [0, 0.05) is 0 Å². The van der Waals surface area contributed by atoms with Crippen molar-refractivity contribution in [2.45, 2.75) is 0 Å². The van der Waals surface area contributed by atoms with E-state index in [2.05, 4.69) is 5.32 Å². The van der Waals surface area contributed by atoms with E-state index in [4.69, 9.17) is 9.47 Å². The summed E-state index contributed by atoms with van der Waals surface area (Å²) < 4.78 is 23.5.